The first kappa shape index (κ1) is 14.8. The third-order valence-electron chi connectivity index (χ3n) is 3.18. The predicted molar refractivity (Wildman–Crippen MR) is 91.2 cm³/mol. The van der Waals surface area contributed by atoms with Gasteiger partial charge in [0.15, 0.2) is 0 Å². The molecule has 2 N–H and O–H groups in total. The van der Waals surface area contributed by atoms with Crippen molar-refractivity contribution in [3.8, 4) is 0 Å². The minimum Gasteiger partial charge on any atom is -0.389 e. The second-order valence-corrected chi connectivity index (χ2v) is 5.46. The summed E-state index contributed by atoms with van der Waals surface area (Å²) in [5.41, 5.74) is 9.72. The van der Waals surface area contributed by atoms with Crippen molar-refractivity contribution in [2.45, 2.75) is 13.8 Å². The molecule has 2 aromatic carbocycles. The Morgan fingerprint density at radius 2 is 1.85 bits per heavy atom. The molecule has 0 aromatic heterocycles. The van der Waals surface area contributed by atoms with Gasteiger partial charge in [-0.15, -0.1) is 0 Å². The number of aryl methyl sites for hydroxylation is 1. The SMILES string of the molecule is CCN(c1ccc(C)cc1)c1ccc(C(N)=S)cc1Cl. The maximum absolute atomic E-state index is 6.37. The van der Waals surface area contributed by atoms with Crippen LogP contribution in [0.2, 0.25) is 5.02 Å². The van der Waals surface area contributed by atoms with Gasteiger partial charge in [-0.25, -0.2) is 0 Å². The number of nitrogens with zero attached hydrogens (tertiary/aromatic N) is 1. The molecule has 0 amide bonds. The summed E-state index contributed by atoms with van der Waals surface area (Å²) < 4.78 is 0. The van der Waals surface area contributed by atoms with Gasteiger partial charge in [0.2, 0.25) is 0 Å². The van der Waals surface area contributed by atoms with Crippen LogP contribution >= 0.6 is 23.8 Å². The molecule has 104 valence electrons. The van der Waals surface area contributed by atoms with Gasteiger partial charge in [0.05, 0.1) is 10.7 Å². The van der Waals surface area contributed by atoms with E-state index in [0.717, 1.165) is 23.5 Å². The lowest BCUT2D eigenvalue weighted by Crippen LogP contribution is -2.17. The van der Waals surface area contributed by atoms with Crippen LogP contribution in [0.1, 0.15) is 18.1 Å². The maximum Gasteiger partial charge on any atom is 0.104 e. The number of thiocarbonyl (C=S) groups is 1. The van der Waals surface area contributed by atoms with Gasteiger partial charge in [-0.1, -0.05) is 41.5 Å². The van der Waals surface area contributed by atoms with Crippen LogP contribution in [0.4, 0.5) is 11.4 Å². The summed E-state index contributed by atoms with van der Waals surface area (Å²) in [5.74, 6) is 0. The second-order valence-electron chi connectivity index (χ2n) is 4.61. The molecule has 0 heterocycles. The zero-order valence-corrected chi connectivity index (χ0v) is 13.1. The first-order valence-corrected chi connectivity index (χ1v) is 7.25. The van der Waals surface area contributed by atoms with Crippen LogP contribution in [0, 0.1) is 6.92 Å². The standard InChI is InChI=1S/C16H17ClN2S/c1-3-19(13-7-4-11(2)5-8-13)15-9-6-12(16(18)20)10-14(15)17/h4-10H,3H2,1-2H3,(H2,18,20). The molecule has 0 aliphatic carbocycles. The minimum atomic E-state index is 0.358. The molecule has 2 rings (SSSR count). The van der Waals surface area contributed by atoms with Gasteiger partial charge in [-0.3, -0.25) is 0 Å². The van der Waals surface area contributed by atoms with E-state index in [9.17, 15) is 0 Å². The number of nitrogens with two attached hydrogens (primary N) is 1. The third-order valence-corrected chi connectivity index (χ3v) is 3.72. The van der Waals surface area contributed by atoms with Crippen molar-refractivity contribution in [1.82, 2.24) is 0 Å². The number of halogens is 1. The lowest BCUT2D eigenvalue weighted by molar-refractivity contribution is 1.02. The smallest absolute Gasteiger partial charge is 0.104 e. The maximum atomic E-state index is 6.37. The van der Waals surface area contributed by atoms with Crippen molar-refractivity contribution >= 4 is 40.2 Å². The van der Waals surface area contributed by atoms with Crippen LogP contribution in [0.25, 0.3) is 0 Å². The molecule has 0 spiro atoms. The summed E-state index contributed by atoms with van der Waals surface area (Å²) in [6.45, 7) is 5.00. The van der Waals surface area contributed by atoms with Crippen molar-refractivity contribution in [3.05, 3.63) is 58.6 Å². The molecule has 0 saturated carbocycles. The summed E-state index contributed by atoms with van der Waals surface area (Å²) >= 11 is 11.3. The summed E-state index contributed by atoms with van der Waals surface area (Å²) in [4.78, 5) is 2.52. The van der Waals surface area contributed by atoms with Crippen molar-refractivity contribution in [2.75, 3.05) is 11.4 Å². The van der Waals surface area contributed by atoms with E-state index >= 15 is 0 Å². The fraction of sp³-hybridized carbons (Fsp3) is 0.188. The quantitative estimate of drug-likeness (QED) is 0.847. The summed E-state index contributed by atoms with van der Waals surface area (Å²) in [7, 11) is 0. The minimum absolute atomic E-state index is 0.358. The Morgan fingerprint density at radius 3 is 2.35 bits per heavy atom. The Labute approximate surface area is 130 Å². The largest absolute Gasteiger partial charge is 0.389 e. The van der Waals surface area contributed by atoms with Crippen LogP contribution in [0.15, 0.2) is 42.5 Å². The molecular weight excluding hydrogens is 288 g/mol. The Hall–Kier alpha value is -1.58. The molecule has 0 atom stereocenters. The highest BCUT2D eigenvalue weighted by atomic mass is 35.5. The average molecular weight is 305 g/mol. The van der Waals surface area contributed by atoms with Gasteiger partial charge < -0.3 is 10.6 Å². The van der Waals surface area contributed by atoms with Gasteiger partial charge in [0.1, 0.15) is 4.99 Å². The zero-order valence-electron chi connectivity index (χ0n) is 11.6. The lowest BCUT2D eigenvalue weighted by atomic mass is 10.1. The van der Waals surface area contributed by atoms with E-state index in [4.69, 9.17) is 29.6 Å². The zero-order chi connectivity index (χ0) is 14.7. The second kappa shape index (κ2) is 6.25. The van der Waals surface area contributed by atoms with Gasteiger partial charge >= 0.3 is 0 Å². The molecule has 0 saturated heterocycles. The van der Waals surface area contributed by atoms with Crippen molar-refractivity contribution in [1.29, 1.82) is 0 Å². The Kier molecular flexibility index (Phi) is 4.63. The van der Waals surface area contributed by atoms with Crippen LogP contribution in [0.3, 0.4) is 0 Å². The first-order valence-electron chi connectivity index (χ1n) is 6.46. The number of hydrogen-bond acceptors (Lipinski definition) is 2. The normalized spacial score (nSPS) is 10.3. The monoisotopic (exact) mass is 304 g/mol. The van der Waals surface area contributed by atoms with E-state index in [0.29, 0.717) is 10.0 Å². The third kappa shape index (κ3) is 3.11. The van der Waals surface area contributed by atoms with E-state index in [1.807, 2.05) is 18.2 Å². The molecule has 0 aliphatic rings. The van der Waals surface area contributed by atoms with Crippen LogP contribution in [-0.4, -0.2) is 11.5 Å². The van der Waals surface area contributed by atoms with Gasteiger partial charge in [0.25, 0.3) is 0 Å². The summed E-state index contributed by atoms with van der Waals surface area (Å²) in [6.07, 6.45) is 0. The molecule has 0 unspecified atom stereocenters. The highest BCUT2D eigenvalue weighted by molar-refractivity contribution is 7.80. The van der Waals surface area contributed by atoms with E-state index < -0.39 is 0 Å². The molecule has 0 bridgehead atoms. The van der Waals surface area contributed by atoms with E-state index in [1.54, 1.807) is 0 Å². The Bertz CT molecular complexity index is 623. The molecule has 2 aromatic rings. The van der Waals surface area contributed by atoms with Crippen molar-refractivity contribution < 1.29 is 0 Å². The molecule has 4 heteroatoms. The van der Waals surface area contributed by atoms with Crippen LogP contribution in [-0.2, 0) is 0 Å². The van der Waals surface area contributed by atoms with E-state index in [-0.39, 0.29) is 0 Å². The molecule has 0 radical (unpaired) electrons. The van der Waals surface area contributed by atoms with Crippen LogP contribution in [0.5, 0.6) is 0 Å². The molecule has 2 nitrogen and oxygen atoms in total. The Morgan fingerprint density at radius 1 is 1.20 bits per heavy atom. The number of rotatable bonds is 4. The van der Waals surface area contributed by atoms with Crippen molar-refractivity contribution in [3.63, 3.8) is 0 Å². The average Bonchev–Trinajstić information content (AvgIpc) is 2.43. The van der Waals surface area contributed by atoms with Crippen LogP contribution < -0.4 is 10.6 Å². The molecular formula is C16H17ClN2S. The summed E-state index contributed by atoms with van der Waals surface area (Å²) in [5, 5.41) is 0.651. The highest BCUT2D eigenvalue weighted by Crippen LogP contribution is 2.32. The first-order chi connectivity index (χ1) is 9.52. The van der Waals surface area contributed by atoms with E-state index in [2.05, 4.69) is 43.0 Å². The van der Waals surface area contributed by atoms with Crippen molar-refractivity contribution in [2.24, 2.45) is 5.73 Å². The van der Waals surface area contributed by atoms with E-state index in [1.165, 1.54) is 5.56 Å². The predicted octanol–water partition coefficient (Wildman–Crippen LogP) is 4.44. The Balaban J connectivity index is 2.41. The molecule has 0 fully saturated rings. The fourth-order valence-electron chi connectivity index (χ4n) is 2.10. The van der Waals surface area contributed by atoms with Gasteiger partial charge in [-0.05, 0) is 44.2 Å². The number of anilines is 2. The summed E-state index contributed by atoms with van der Waals surface area (Å²) in [6, 6.07) is 14.1. The lowest BCUT2D eigenvalue weighted by Gasteiger charge is -2.25. The number of hydrogen-bond donors (Lipinski definition) is 1. The van der Waals surface area contributed by atoms with Gasteiger partial charge in [-0.2, -0.15) is 0 Å². The molecule has 20 heavy (non-hydrogen) atoms. The molecule has 0 aliphatic heterocycles. The topological polar surface area (TPSA) is 29.3 Å². The highest BCUT2D eigenvalue weighted by Gasteiger charge is 2.12. The number of benzene rings is 2. The van der Waals surface area contributed by atoms with Gasteiger partial charge in [0, 0.05) is 17.8 Å². The fourth-order valence-corrected chi connectivity index (χ4v) is 2.51.